The van der Waals surface area contributed by atoms with Gasteiger partial charge in [0.2, 0.25) is 0 Å². The summed E-state index contributed by atoms with van der Waals surface area (Å²) in [6.07, 6.45) is 4.66. The minimum absolute atomic E-state index is 1.12. The zero-order valence-electron chi connectivity index (χ0n) is 30.0. The van der Waals surface area contributed by atoms with Crippen LogP contribution in [0, 0.1) is 13.8 Å². The van der Waals surface area contributed by atoms with Crippen molar-refractivity contribution in [3.63, 3.8) is 0 Å². The summed E-state index contributed by atoms with van der Waals surface area (Å²) in [6, 6.07) is 50.6. The van der Waals surface area contributed by atoms with E-state index in [4.69, 9.17) is 0 Å². The minimum Gasteiger partial charge on any atom is -0.135 e. The Bertz CT molecular complexity index is 3200. The molecule has 0 atom stereocenters. The molecule has 1 aliphatic rings. The van der Waals surface area contributed by atoms with Crippen LogP contribution in [0.2, 0.25) is 0 Å². The lowest BCUT2D eigenvalue weighted by Crippen LogP contribution is -1.94. The Hall–Kier alpha value is -5.54. The summed E-state index contributed by atoms with van der Waals surface area (Å²) in [5.74, 6) is 0. The number of rotatable bonds is 3. The molecule has 2 heteroatoms. The molecule has 11 rings (SSSR count). The first kappa shape index (κ1) is 31.0. The lowest BCUT2D eigenvalue weighted by molar-refractivity contribution is 0.996. The average molecular weight is 713 g/mol. The number of hydrogen-bond acceptors (Lipinski definition) is 2. The van der Waals surface area contributed by atoms with Crippen LogP contribution < -0.4 is 0 Å². The fraction of sp³-hybridized carbons (Fsp3) is 0.0980. The maximum absolute atomic E-state index is 2.43. The largest absolute Gasteiger partial charge is 0.135 e. The van der Waals surface area contributed by atoms with Crippen LogP contribution in [0.1, 0.15) is 34.9 Å². The third-order valence-corrected chi connectivity index (χ3v) is 14.5. The number of thiophene rings is 2. The van der Waals surface area contributed by atoms with Crippen molar-refractivity contribution in [3.8, 4) is 33.4 Å². The summed E-state index contributed by atoms with van der Waals surface area (Å²) >= 11 is 3.92. The SMILES string of the molecule is CC1=CCCc2c1sc1c(-c3c4ccccc4c(-c4ccc(-c5cccc6c5sc5c(C)cccc56)c5ccccc45)c4ccc(C)cc34)cccc21. The van der Waals surface area contributed by atoms with E-state index in [1.54, 1.807) is 0 Å². The van der Waals surface area contributed by atoms with E-state index in [1.165, 1.54) is 123 Å². The maximum Gasteiger partial charge on any atom is 0.0434 e. The number of hydrogen-bond donors (Lipinski definition) is 0. The van der Waals surface area contributed by atoms with E-state index < -0.39 is 0 Å². The summed E-state index contributed by atoms with van der Waals surface area (Å²) in [4.78, 5) is 1.47. The molecule has 0 N–H and O–H groups in total. The van der Waals surface area contributed by atoms with Gasteiger partial charge >= 0.3 is 0 Å². The Kier molecular flexibility index (Phi) is 6.87. The molecular formula is C51H36S2. The summed E-state index contributed by atoms with van der Waals surface area (Å²) in [6.45, 7) is 6.75. The molecule has 1 aliphatic carbocycles. The van der Waals surface area contributed by atoms with Crippen LogP contribution in [0.15, 0.2) is 140 Å². The fourth-order valence-electron chi connectivity index (χ4n) is 9.26. The molecule has 0 spiro atoms. The van der Waals surface area contributed by atoms with Crippen molar-refractivity contribution in [2.24, 2.45) is 0 Å². The van der Waals surface area contributed by atoms with Gasteiger partial charge in [0.15, 0.2) is 0 Å². The van der Waals surface area contributed by atoms with Gasteiger partial charge in [0, 0.05) is 40.9 Å². The Morgan fingerprint density at radius 1 is 0.415 bits per heavy atom. The number of aryl methyl sites for hydroxylation is 3. The first-order valence-corrected chi connectivity index (χ1v) is 20.3. The van der Waals surface area contributed by atoms with Gasteiger partial charge in [-0.25, -0.2) is 0 Å². The van der Waals surface area contributed by atoms with Gasteiger partial charge in [-0.2, -0.15) is 0 Å². The minimum atomic E-state index is 1.12. The van der Waals surface area contributed by atoms with Gasteiger partial charge in [0.25, 0.3) is 0 Å². The predicted octanol–water partition coefficient (Wildman–Crippen LogP) is 15.7. The van der Waals surface area contributed by atoms with Crippen molar-refractivity contribution in [2.45, 2.75) is 33.6 Å². The smallest absolute Gasteiger partial charge is 0.0434 e. The van der Waals surface area contributed by atoms with Crippen molar-refractivity contribution < 1.29 is 0 Å². The van der Waals surface area contributed by atoms with Gasteiger partial charge in [-0.05, 0) is 110 Å². The maximum atomic E-state index is 2.43. The van der Waals surface area contributed by atoms with Crippen molar-refractivity contribution in [2.75, 3.05) is 0 Å². The van der Waals surface area contributed by atoms with E-state index in [0.29, 0.717) is 0 Å². The standard InChI is InChI=1S/C51H36S2/c1-29-24-25-38-45(28-29)47(44-23-11-22-43-41-19-9-13-31(3)49(41)53-51(43)44)36-17-7-6-16-35(36)46(38)37-27-26-34(32-14-4-5-15-33(32)37)39-20-10-21-42-40-18-8-12-30(2)48(40)52-50(39)42/h4-8,10-18,20-28H,9,19H2,1-3H3. The third kappa shape index (κ3) is 4.53. The number of benzene rings is 8. The highest BCUT2D eigenvalue weighted by Crippen LogP contribution is 2.51. The average Bonchev–Trinajstić information content (AvgIpc) is 3.78. The van der Waals surface area contributed by atoms with Crippen LogP contribution in [0.3, 0.4) is 0 Å². The Morgan fingerprint density at radius 2 is 1.00 bits per heavy atom. The highest BCUT2D eigenvalue weighted by atomic mass is 32.1. The molecular weight excluding hydrogens is 677 g/mol. The molecule has 0 radical (unpaired) electrons. The van der Waals surface area contributed by atoms with E-state index in [9.17, 15) is 0 Å². The van der Waals surface area contributed by atoms with Crippen molar-refractivity contribution in [1.29, 1.82) is 0 Å². The lowest BCUT2D eigenvalue weighted by atomic mass is 9.83. The van der Waals surface area contributed by atoms with Gasteiger partial charge in [0.1, 0.15) is 0 Å². The molecule has 0 nitrogen and oxygen atoms in total. The number of fused-ring (bicyclic) bond motifs is 9. The molecule has 0 unspecified atom stereocenters. The molecule has 252 valence electrons. The quantitative estimate of drug-likeness (QED) is 0.160. The van der Waals surface area contributed by atoms with Gasteiger partial charge < -0.3 is 0 Å². The Balaban J connectivity index is 1.21. The normalized spacial score (nSPS) is 13.2. The highest BCUT2D eigenvalue weighted by molar-refractivity contribution is 7.26. The van der Waals surface area contributed by atoms with Crippen LogP contribution in [0.5, 0.6) is 0 Å². The second kappa shape index (κ2) is 11.7. The molecule has 0 aliphatic heterocycles. The molecule has 0 bridgehead atoms. The summed E-state index contributed by atoms with van der Waals surface area (Å²) in [5, 5.41) is 11.9. The van der Waals surface area contributed by atoms with Gasteiger partial charge in [-0.15, -0.1) is 22.7 Å². The Morgan fingerprint density at radius 3 is 1.79 bits per heavy atom. The van der Waals surface area contributed by atoms with Gasteiger partial charge in [-0.3, -0.25) is 0 Å². The molecule has 2 heterocycles. The van der Waals surface area contributed by atoms with Crippen molar-refractivity contribution in [3.05, 3.63) is 161 Å². The van der Waals surface area contributed by atoms with Crippen molar-refractivity contribution in [1.82, 2.24) is 0 Å². The summed E-state index contributed by atoms with van der Waals surface area (Å²) < 4.78 is 4.16. The fourth-order valence-corrected chi connectivity index (χ4v) is 11.9. The van der Waals surface area contributed by atoms with Crippen molar-refractivity contribution >= 4 is 90.8 Å². The van der Waals surface area contributed by atoms with E-state index in [-0.39, 0.29) is 0 Å². The van der Waals surface area contributed by atoms with E-state index >= 15 is 0 Å². The predicted molar refractivity (Wildman–Crippen MR) is 235 cm³/mol. The molecule has 0 amide bonds. The third-order valence-electron chi connectivity index (χ3n) is 11.7. The monoisotopic (exact) mass is 712 g/mol. The topological polar surface area (TPSA) is 0 Å². The molecule has 0 saturated carbocycles. The number of allylic oxidation sites excluding steroid dienone is 2. The Labute approximate surface area is 317 Å². The molecule has 10 aromatic rings. The second-order valence-electron chi connectivity index (χ2n) is 14.8. The lowest BCUT2D eigenvalue weighted by Gasteiger charge is -2.20. The summed E-state index contributed by atoms with van der Waals surface area (Å²) in [5.41, 5.74) is 13.5. The van der Waals surface area contributed by atoms with Crippen LogP contribution >= 0.6 is 22.7 Å². The van der Waals surface area contributed by atoms with E-state index in [2.05, 4.69) is 160 Å². The molecule has 53 heavy (non-hydrogen) atoms. The summed E-state index contributed by atoms with van der Waals surface area (Å²) in [7, 11) is 0. The van der Waals surface area contributed by atoms with E-state index in [1.807, 2.05) is 22.7 Å². The van der Waals surface area contributed by atoms with Gasteiger partial charge in [0.05, 0.1) is 0 Å². The zero-order chi connectivity index (χ0) is 35.4. The zero-order valence-corrected chi connectivity index (χ0v) is 31.6. The highest BCUT2D eigenvalue weighted by Gasteiger charge is 2.24. The molecule has 8 aromatic carbocycles. The second-order valence-corrected chi connectivity index (χ2v) is 16.8. The van der Waals surface area contributed by atoms with E-state index in [0.717, 1.165) is 12.8 Å². The first-order valence-electron chi connectivity index (χ1n) is 18.7. The molecule has 0 saturated heterocycles. The van der Waals surface area contributed by atoms with Crippen LogP contribution in [0.4, 0.5) is 0 Å². The molecule has 0 fully saturated rings. The van der Waals surface area contributed by atoms with Crippen LogP contribution in [-0.2, 0) is 6.42 Å². The van der Waals surface area contributed by atoms with Crippen LogP contribution in [0.25, 0.3) is 102 Å². The molecule has 2 aromatic heterocycles. The van der Waals surface area contributed by atoms with Gasteiger partial charge in [-0.1, -0.05) is 145 Å². The first-order chi connectivity index (χ1) is 26.0. The van der Waals surface area contributed by atoms with Crippen LogP contribution in [-0.4, -0.2) is 0 Å².